The molecule has 1 aromatic rings. The molecule has 3 nitrogen and oxygen atoms in total. The van der Waals surface area contributed by atoms with E-state index in [0.29, 0.717) is 6.54 Å². The molecule has 1 saturated heterocycles. The topological polar surface area (TPSA) is 52.5 Å². The van der Waals surface area contributed by atoms with Crippen molar-refractivity contribution in [3.05, 3.63) is 35.9 Å². The molecule has 13 heavy (non-hydrogen) atoms. The second kappa shape index (κ2) is 3.46. The third-order valence-corrected chi connectivity index (χ3v) is 2.44. The number of aliphatic hydroxyl groups is 2. The maximum absolute atomic E-state index is 9.60. The van der Waals surface area contributed by atoms with Gasteiger partial charge in [0, 0.05) is 6.54 Å². The first-order valence-corrected chi connectivity index (χ1v) is 4.43. The van der Waals surface area contributed by atoms with Gasteiger partial charge >= 0.3 is 0 Å². The Kier molecular flexibility index (Phi) is 2.31. The smallest absolute Gasteiger partial charge is 0.101 e. The number of hydrogen-bond acceptors (Lipinski definition) is 3. The van der Waals surface area contributed by atoms with Crippen LogP contribution in [0.4, 0.5) is 0 Å². The molecular formula is C10H13NO2. The summed E-state index contributed by atoms with van der Waals surface area (Å²) in [5.41, 5.74) is 1.02. The van der Waals surface area contributed by atoms with E-state index >= 15 is 0 Å². The highest BCUT2D eigenvalue weighted by Crippen LogP contribution is 2.23. The molecule has 1 heterocycles. The first kappa shape index (κ1) is 8.69. The van der Waals surface area contributed by atoms with Crippen molar-refractivity contribution in [2.24, 2.45) is 0 Å². The largest absolute Gasteiger partial charge is 0.389 e. The Bertz CT molecular complexity index is 276. The Morgan fingerprint density at radius 1 is 1.15 bits per heavy atom. The highest BCUT2D eigenvalue weighted by molar-refractivity contribution is 5.21. The molecule has 0 aromatic heterocycles. The third-order valence-electron chi connectivity index (χ3n) is 2.44. The standard InChI is InChI=1S/C10H13NO2/c12-8-6-11-9(10(8)13)7-4-2-1-3-5-7/h1-5,8-13H,6H2/t8-,9-,10+/m1/s1. The molecular weight excluding hydrogens is 166 g/mol. The molecule has 1 aliphatic rings. The Morgan fingerprint density at radius 2 is 1.85 bits per heavy atom. The zero-order valence-electron chi connectivity index (χ0n) is 7.22. The number of rotatable bonds is 1. The van der Waals surface area contributed by atoms with Gasteiger partial charge in [-0.25, -0.2) is 0 Å². The minimum atomic E-state index is -0.692. The molecule has 1 aliphatic heterocycles. The quantitative estimate of drug-likeness (QED) is 0.571. The summed E-state index contributed by atoms with van der Waals surface area (Å²) in [5.74, 6) is 0. The maximum Gasteiger partial charge on any atom is 0.101 e. The molecule has 0 unspecified atom stereocenters. The molecule has 3 heteroatoms. The van der Waals surface area contributed by atoms with Gasteiger partial charge in [0.25, 0.3) is 0 Å². The van der Waals surface area contributed by atoms with Crippen LogP contribution in [0.1, 0.15) is 11.6 Å². The Labute approximate surface area is 77.0 Å². The van der Waals surface area contributed by atoms with Gasteiger partial charge in [0.2, 0.25) is 0 Å². The van der Waals surface area contributed by atoms with Crippen LogP contribution < -0.4 is 5.32 Å². The predicted octanol–water partition coefficient (Wildman–Crippen LogP) is 0.0527. The van der Waals surface area contributed by atoms with Crippen LogP contribution in [0.5, 0.6) is 0 Å². The van der Waals surface area contributed by atoms with E-state index in [2.05, 4.69) is 5.32 Å². The van der Waals surface area contributed by atoms with Gasteiger partial charge in [-0.15, -0.1) is 0 Å². The first-order valence-electron chi connectivity index (χ1n) is 4.43. The Morgan fingerprint density at radius 3 is 2.38 bits per heavy atom. The summed E-state index contributed by atoms with van der Waals surface area (Å²) in [6.45, 7) is 0.459. The molecule has 70 valence electrons. The summed E-state index contributed by atoms with van der Waals surface area (Å²) in [4.78, 5) is 0. The van der Waals surface area contributed by atoms with Crippen molar-refractivity contribution in [3.8, 4) is 0 Å². The van der Waals surface area contributed by atoms with Crippen molar-refractivity contribution in [2.45, 2.75) is 18.2 Å². The zero-order valence-corrected chi connectivity index (χ0v) is 7.22. The van der Waals surface area contributed by atoms with E-state index in [4.69, 9.17) is 0 Å². The van der Waals surface area contributed by atoms with E-state index in [1.165, 1.54) is 0 Å². The van der Waals surface area contributed by atoms with E-state index in [1.54, 1.807) is 0 Å². The van der Waals surface area contributed by atoms with Gasteiger partial charge in [0.05, 0.1) is 12.1 Å². The number of hydrogen-bond donors (Lipinski definition) is 3. The zero-order chi connectivity index (χ0) is 9.26. The summed E-state index contributed by atoms with van der Waals surface area (Å²) in [5, 5.41) is 22.0. The lowest BCUT2D eigenvalue weighted by Gasteiger charge is -2.15. The fraction of sp³-hybridized carbons (Fsp3) is 0.400. The first-order chi connectivity index (χ1) is 6.29. The van der Waals surface area contributed by atoms with Crippen LogP contribution in [0.15, 0.2) is 30.3 Å². The Balaban J connectivity index is 2.19. The second-order valence-electron chi connectivity index (χ2n) is 3.35. The van der Waals surface area contributed by atoms with E-state index in [0.717, 1.165) is 5.56 Å². The molecule has 0 saturated carbocycles. The molecule has 3 N–H and O–H groups in total. The van der Waals surface area contributed by atoms with Crippen molar-refractivity contribution in [2.75, 3.05) is 6.54 Å². The molecule has 0 bridgehead atoms. The summed E-state index contributed by atoms with van der Waals surface area (Å²) in [6.07, 6.45) is -1.34. The summed E-state index contributed by atoms with van der Waals surface area (Å²) < 4.78 is 0. The van der Waals surface area contributed by atoms with E-state index in [1.807, 2.05) is 30.3 Å². The molecule has 1 fully saturated rings. The van der Waals surface area contributed by atoms with Crippen molar-refractivity contribution >= 4 is 0 Å². The van der Waals surface area contributed by atoms with Gasteiger partial charge in [-0.3, -0.25) is 0 Å². The summed E-state index contributed by atoms with van der Waals surface area (Å²) >= 11 is 0. The van der Waals surface area contributed by atoms with Crippen LogP contribution in [-0.2, 0) is 0 Å². The molecule has 0 amide bonds. The summed E-state index contributed by atoms with van der Waals surface area (Å²) in [7, 11) is 0. The minimum absolute atomic E-state index is 0.129. The van der Waals surface area contributed by atoms with Crippen LogP contribution in [0.2, 0.25) is 0 Å². The molecule has 2 rings (SSSR count). The van der Waals surface area contributed by atoms with Crippen LogP contribution in [0, 0.1) is 0 Å². The predicted molar refractivity (Wildman–Crippen MR) is 49.2 cm³/mol. The van der Waals surface area contributed by atoms with Crippen molar-refractivity contribution < 1.29 is 10.2 Å². The van der Waals surface area contributed by atoms with Crippen molar-refractivity contribution in [1.82, 2.24) is 5.32 Å². The lowest BCUT2D eigenvalue weighted by Crippen LogP contribution is -2.25. The number of nitrogens with one attached hydrogen (secondary N) is 1. The van der Waals surface area contributed by atoms with Gasteiger partial charge in [-0.1, -0.05) is 30.3 Å². The van der Waals surface area contributed by atoms with Crippen LogP contribution in [-0.4, -0.2) is 29.0 Å². The molecule has 0 radical (unpaired) electrons. The van der Waals surface area contributed by atoms with Gasteiger partial charge in [0.15, 0.2) is 0 Å². The minimum Gasteiger partial charge on any atom is -0.389 e. The van der Waals surface area contributed by atoms with Crippen molar-refractivity contribution in [3.63, 3.8) is 0 Å². The van der Waals surface area contributed by atoms with Crippen LogP contribution in [0.25, 0.3) is 0 Å². The van der Waals surface area contributed by atoms with E-state index in [-0.39, 0.29) is 6.04 Å². The highest BCUT2D eigenvalue weighted by Gasteiger charge is 2.33. The van der Waals surface area contributed by atoms with Crippen LogP contribution >= 0.6 is 0 Å². The fourth-order valence-electron chi connectivity index (χ4n) is 1.69. The average Bonchev–Trinajstić information content (AvgIpc) is 2.49. The fourth-order valence-corrected chi connectivity index (χ4v) is 1.69. The van der Waals surface area contributed by atoms with Gasteiger partial charge < -0.3 is 15.5 Å². The summed E-state index contributed by atoms with van der Waals surface area (Å²) in [6, 6.07) is 9.54. The highest BCUT2D eigenvalue weighted by atomic mass is 16.3. The molecule has 0 aliphatic carbocycles. The number of benzene rings is 1. The average molecular weight is 179 g/mol. The molecule has 1 aromatic carbocycles. The second-order valence-corrected chi connectivity index (χ2v) is 3.35. The lowest BCUT2D eigenvalue weighted by atomic mass is 10.0. The number of β-amino-alcohol motifs (C(OH)–C–C–N with tert-alkyl or cyclic N) is 1. The molecule has 3 atom stereocenters. The van der Waals surface area contributed by atoms with Crippen LogP contribution in [0.3, 0.4) is 0 Å². The van der Waals surface area contributed by atoms with Gasteiger partial charge in [-0.2, -0.15) is 0 Å². The Hall–Kier alpha value is -0.900. The third kappa shape index (κ3) is 1.58. The lowest BCUT2D eigenvalue weighted by molar-refractivity contribution is 0.0405. The molecule has 0 spiro atoms. The van der Waals surface area contributed by atoms with E-state index < -0.39 is 12.2 Å². The monoisotopic (exact) mass is 179 g/mol. The maximum atomic E-state index is 9.60. The van der Waals surface area contributed by atoms with Gasteiger partial charge in [0.1, 0.15) is 6.10 Å². The number of aliphatic hydroxyl groups excluding tert-OH is 2. The van der Waals surface area contributed by atoms with Gasteiger partial charge in [-0.05, 0) is 5.56 Å². The normalized spacial score (nSPS) is 33.5. The van der Waals surface area contributed by atoms with E-state index in [9.17, 15) is 10.2 Å². The SMILES string of the molecule is O[C@H]1[C@H](O)CN[C@@H]1c1ccccc1. The van der Waals surface area contributed by atoms with Crippen molar-refractivity contribution in [1.29, 1.82) is 0 Å².